The van der Waals surface area contributed by atoms with Gasteiger partial charge in [0.05, 0.1) is 35.8 Å². The van der Waals surface area contributed by atoms with Gasteiger partial charge >= 0.3 is 0 Å². The van der Waals surface area contributed by atoms with Crippen molar-refractivity contribution in [1.82, 2.24) is 14.8 Å². The molecule has 0 bridgehead atoms. The molecule has 1 unspecified atom stereocenters. The fourth-order valence-corrected chi connectivity index (χ4v) is 3.24. The highest BCUT2D eigenvalue weighted by atomic mass is 28.4. The Bertz CT molecular complexity index is 774. The molecule has 150 valence electrons. The molecule has 0 aliphatic rings. The second-order valence-corrected chi connectivity index (χ2v) is 14.0. The van der Waals surface area contributed by atoms with Crippen molar-refractivity contribution >= 4 is 8.32 Å². The van der Waals surface area contributed by atoms with E-state index in [0.29, 0.717) is 18.0 Å². The highest BCUT2D eigenvalue weighted by Gasteiger charge is 2.37. The molecule has 2 rings (SSSR count). The van der Waals surface area contributed by atoms with Crippen molar-refractivity contribution in [3.63, 3.8) is 0 Å². The number of aromatic nitrogens is 3. The Morgan fingerprint density at radius 1 is 1.19 bits per heavy atom. The van der Waals surface area contributed by atoms with E-state index in [1.807, 2.05) is 13.0 Å². The first-order chi connectivity index (χ1) is 12.2. The van der Waals surface area contributed by atoms with Crippen LogP contribution in [0.5, 0.6) is 0 Å². The molecule has 0 fully saturated rings. The minimum Gasteiger partial charge on any atom is -0.411 e. The number of hydrogen-bond donors (Lipinski definition) is 1. The first-order valence-electron chi connectivity index (χ1n) is 9.29. The molecule has 0 aliphatic heterocycles. The third kappa shape index (κ3) is 5.03. The first-order valence-corrected chi connectivity index (χ1v) is 12.2. The van der Waals surface area contributed by atoms with E-state index in [9.17, 15) is 9.50 Å². The van der Waals surface area contributed by atoms with Gasteiger partial charge in [0.1, 0.15) is 11.5 Å². The van der Waals surface area contributed by atoms with Gasteiger partial charge in [0.15, 0.2) is 8.32 Å². The van der Waals surface area contributed by atoms with Crippen LogP contribution in [0.15, 0.2) is 24.4 Å². The molecular weight excluding hydrogens is 361 g/mol. The zero-order chi connectivity index (χ0) is 20.6. The van der Waals surface area contributed by atoms with Crippen LogP contribution in [0.3, 0.4) is 0 Å². The minimum atomic E-state index is -1.94. The van der Waals surface area contributed by atoms with Gasteiger partial charge in [0, 0.05) is 0 Å². The van der Waals surface area contributed by atoms with Gasteiger partial charge < -0.3 is 9.53 Å². The fourth-order valence-electron chi connectivity index (χ4n) is 2.30. The van der Waals surface area contributed by atoms with Crippen LogP contribution in [0.1, 0.15) is 53.3 Å². The van der Waals surface area contributed by atoms with E-state index in [-0.39, 0.29) is 16.9 Å². The molecule has 27 heavy (non-hydrogen) atoms. The topological polar surface area (TPSA) is 60.2 Å². The average Bonchev–Trinajstić information content (AvgIpc) is 2.95. The largest absolute Gasteiger partial charge is 0.411 e. The smallest absolute Gasteiger partial charge is 0.192 e. The molecule has 0 saturated heterocycles. The second kappa shape index (κ2) is 7.45. The van der Waals surface area contributed by atoms with Gasteiger partial charge in [-0.3, -0.25) is 9.67 Å². The molecule has 0 spiro atoms. The van der Waals surface area contributed by atoms with Gasteiger partial charge in [-0.05, 0) is 57.1 Å². The van der Waals surface area contributed by atoms with Crippen LogP contribution in [-0.2, 0) is 11.0 Å². The molecule has 1 atom stereocenters. The summed E-state index contributed by atoms with van der Waals surface area (Å²) in [4.78, 5) is 4.13. The van der Waals surface area contributed by atoms with E-state index >= 15 is 0 Å². The molecule has 2 aromatic rings. The van der Waals surface area contributed by atoms with E-state index in [1.54, 1.807) is 24.6 Å². The number of nitrogens with zero attached hydrogens (tertiary/aromatic N) is 3. The van der Waals surface area contributed by atoms with Gasteiger partial charge in [0.25, 0.3) is 0 Å². The molecule has 2 heterocycles. The van der Waals surface area contributed by atoms with Crippen LogP contribution in [0.4, 0.5) is 4.39 Å². The van der Waals surface area contributed by atoms with E-state index in [2.05, 4.69) is 43.9 Å². The van der Waals surface area contributed by atoms with Gasteiger partial charge in [-0.15, -0.1) is 0 Å². The fraction of sp³-hybridized carbons (Fsp3) is 0.600. The summed E-state index contributed by atoms with van der Waals surface area (Å²) in [6, 6.07) is 4.63. The summed E-state index contributed by atoms with van der Waals surface area (Å²) < 4.78 is 21.4. The molecule has 0 saturated carbocycles. The number of hydrogen-bond acceptors (Lipinski definition) is 4. The Kier molecular flexibility index (Phi) is 5.99. The van der Waals surface area contributed by atoms with Gasteiger partial charge in [-0.2, -0.15) is 5.10 Å². The van der Waals surface area contributed by atoms with Crippen LogP contribution >= 0.6 is 0 Å². The third-order valence-corrected chi connectivity index (χ3v) is 10.1. The zero-order valence-corrected chi connectivity index (χ0v) is 18.7. The van der Waals surface area contributed by atoms with E-state index in [1.165, 1.54) is 12.3 Å². The van der Waals surface area contributed by atoms with Crippen molar-refractivity contribution in [2.24, 2.45) is 0 Å². The summed E-state index contributed by atoms with van der Waals surface area (Å²) in [7, 11) is -1.94. The van der Waals surface area contributed by atoms with Crippen LogP contribution in [-0.4, -0.2) is 33.8 Å². The Morgan fingerprint density at radius 3 is 2.30 bits per heavy atom. The predicted octanol–water partition coefficient (Wildman–Crippen LogP) is 4.94. The van der Waals surface area contributed by atoms with Gasteiger partial charge in [-0.25, -0.2) is 4.39 Å². The molecule has 1 N–H and O–H groups in total. The highest BCUT2D eigenvalue weighted by Crippen LogP contribution is 2.37. The Hall–Kier alpha value is -1.57. The number of rotatable bonds is 6. The first kappa shape index (κ1) is 21.7. The molecular formula is C20H32FN3O2Si. The highest BCUT2D eigenvalue weighted by molar-refractivity contribution is 6.74. The second-order valence-electron chi connectivity index (χ2n) is 9.21. The Labute approximate surface area is 162 Å². The normalized spacial score (nSPS) is 14.4. The van der Waals surface area contributed by atoms with Crippen LogP contribution in [0.2, 0.25) is 18.1 Å². The van der Waals surface area contributed by atoms with Crippen molar-refractivity contribution in [2.45, 2.75) is 77.9 Å². The number of halogens is 1. The number of pyridine rings is 1. The van der Waals surface area contributed by atoms with Crippen molar-refractivity contribution < 1.29 is 13.9 Å². The lowest BCUT2D eigenvalue weighted by Crippen LogP contribution is -2.41. The summed E-state index contributed by atoms with van der Waals surface area (Å²) >= 11 is 0. The maximum atomic E-state index is 13.2. The van der Waals surface area contributed by atoms with Crippen LogP contribution in [0.25, 0.3) is 11.4 Å². The minimum absolute atomic E-state index is 0.0983. The lowest BCUT2D eigenvalue weighted by molar-refractivity contribution is 0.0235. The van der Waals surface area contributed by atoms with Crippen LogP contribution < -0.4 is 0 Å². The van der Waals surface area contributed by atoms with Crippen molar-refractivity contribution in [3.05, 3.63) is 35.9 Å². The molecule has 5 nitrogen and oxygen atoms in total. The Morgan fingerprint density at radius 2 is 1.81 bits per heavy atom. The van der Waals surface area contributed by atoms with Crippen molar-refractivity contribution in [2.75, 3.05) is 0 Å². The summed E-state index contributed by atoms with van der Waals surface area (Å²) in [6.07, 6.45) is 1.18. The Balaban J connectivity index is 2.40. The summed E-state index contributed by atoms with van der Waals surface area (Å²) in [5.74, 6) is -0.385. The summed E-state index contributed by atoms with van der Waals surface area (Å²) in [5, 5.41) is 15.2. The van der Waals surface area contributed by atoms with Gasteiger partial charge in [0.2, 0.25) is 0 Å². The number of aliphatic hydroxyl groups is 1. The summed E-state index contributed by atoms with van der Waals surface area (Å²) in [6.45, 7) is 16.8. The van der Waals surface area contributed by atoms with Crippen molar-refractivity contribution in [3.8, 4) is 11.4 Å². The molecule has 7 heteroatoms. The summed E-state index contributed by atoms with van der Waals surface area (Å²) in [5.41, 5.74) is 1.15. The zero-order valence-electron chi connectivity index (χ0n) is 17.7. The van der Waals surface area contributed by atoms with Crippen molar-refractivity contribution in [1.29, 1.82) is 0 Å². The van der Waals surface area contributed by atoms with E-state index < -0.39 is 13.9 Å². The molecule has 2 aromatic heterocycles. The monoisotopic (exact) mass is 393 g/mol. The SMILES string of the molecule is CC(n1nc(-c2ccc(F)cn2)cc1CO[Si](C)(C)C(C)(C)C)C(C)(C)O. The quantitative estimate of drug-likeness (QED) is 0.706. The molecule has 0 aliphatic carbocycles. The van der Waals surface area contributed by atoms with E-state index in [0.717, 1.165) is 5.69 Å². The molecule has 0 radical (unpaired) electrons. The maximum Gasteiger partial charge on any atom is 0.192 e. The third-order valence-electron chi connectivity index (χ3n) is 5.58. The molecule has 0 aromatic carbocycles. The lowest BCUT2D eigenvalue weighted by atomic mass is 10.0. The predicted molar refractivity (Wildman–Crippen MR) is 108 cm³/mol. The average molecular weight is 394 g/mol. The standard InChI is InChI=1S/C20H32FN3O2Si/c1-14(20(5,6)25)24-16(13-26-27(7,8)19(2,3)4)11-18(23-24)17-10-9-15(21)12-22-17/h9-12,14,25H,13H2,1-8H3. The molecule has 0 amide bonds. The lowest BCUT2D eigenvalue weighted by Gasteiger charge is -2.36. The maximum absolute atomic E-state index is 13.2. The van der Waals surface area contributed by atoms with Crippen LogP contribution in [0, 0.1) is 5.82 Å². The van der Waals surface area contributed by atoms with Gasteiger partial charge in [-0.1, -0.05) is 20.8 Å². The van der Waals surface area contributed by atoms with E-state index in [4.69, 9.17) is 4.43 Å².